The molecule has 7 nitrogen and oxygen atoms in total. The number of halogens is 5. The van der Waals surface area contributed by atoms with E-state index >= 15 is 0 Å². The summed E-state index contributed by atoms with van der Waals surface area (Å²) in [7, 11) is -4.07. The van der Waals surface area contributed by atoms with Gasteiger partial charge in [0.05, 0.1) is 10.6 Å². The average molecular weight is 542 g/mol. The van der Waals surface area contributed by atoms with E-state index in [0.717, 1.165) is 18.2 Å². The normalized spacial score (nSPS) is 12.2. The first-order valence-corrected chi connectivity index (χ1v) is 12.1. The van der Waals surface area contributed by atoms with Gasteiger partial charge >= 0.3 is 0 Å². The number of hydrogen-bond acceptors (Lipinski definition) is 5. The van der Waals surface area contributed by atoms with Crippen molar-refractivity contribution in [2.75, 3.05) is 10.6 Å². The molecule has 0 radical (unpaired) electrons. The van der Waals surface area contributed by atoms with E-state index in [2.05, 4.69) is 5.32 Å². The summed E-state index contributed by atoms with van der Waals surface area (Å²) in [5.41, 5.74) is -1.69. The van der Waals surface area contributed by atoms with Crippen LogP contribution in [0.4, 0.5) is 33.3 Å². The van der Waals surface area contributed by atoms with E-state index < -0.39 is 73.0 Å². The molecule has 2 amide bonds. The van der Waals surface area contributed by atoms with Crippen molar-refractivity contribution in [3.05, 3.63) is 82.7 Å². The van der Waals surface area contributed by atoms with Crippen molar-refractivity contribution in [1.82, 2.24) is 0 Å². The highest BCUT2D eigenvalue weighted by Crippen LogP contribution is 2.30. The van der Waals surface area contributed by atoms with Crippen LogP contribution in [0.25, 0.3) is 0 Å². The number of anilines is 2. The number of hydrogen-bond donors (Lipinski definition) is 3. The molecule has 0 aliphatic carbocycles. The lowest BCUT2D eigenvalue weighted by Crippen LogP contribution is -2.34. The molecule has 0 bridgehead atoms. The van der Waals surface area contributed by atoms with Gasteiger partial charge in [0.1, 0.15) is 16.6 Å². The fourth-order valence-corrected chi connectivity index (χ4v) is 5.16. The fraction of sp³-hybridized carbons (Fsp3) is 0.167. The summed E-state index contributed by atoms with van der Waals surface area (Å²) >= 11 is 0. The number of carbonyl (C=O) groups excluding carboxylic acids is 2. The second kappa shape index (κ2) is 10.5. The van der Waals surface area contributed by atoms with E-state index in [1.54, 1.807) is 13.0 Å². The van der Waals surface area contributed by atoms with Crippen LogP contribution in [-0.2, 0) is 14.6 Å². The van der Waals surface area contributed by atoms with Crippen LogP contribution in [0.5, 0.6) is 5.75 Å². The van der Waals surface area contributed by atoms with E-state index in [-0.39, 0.29) is 17.0 Å². The molecular weight excluding hydrogens is 523 g/mol. The number of carbonyl (C=O) groups is 2. The van der Waals surface area contributed by atoms with Crippen molar-refractivity contribution in [3.8, 4) is 5.75 Å². The summed E-state index contributed by atoms with van der Waals surface area (Å²) in [4.78, 5) is 24.9. The van der Waals surface area contributed by atoms with Crippen LogP contribution >= 0.6 is 0 Å². The van der Waals surface area contributed by atoms with E-state index in [0.29, 0.717) is 5.56 Å². The fourth-order valence-electron chi connectivity index (χ4n) is 3.43. The van der Waals surface area contributed by atoms with Crippen LogP contribution in [0.2, 0.25) is 0 Å². The molecule has 0 heterocycles. The standard InChI is InChI=1S/C24H19F5N2O5S/c1-3-16(37(35,36)13-6-4-5-11(2)9-13)23(33)30-12-7-8-14(15(32)10-12)31-24(34)17-18(25)20(27)22(29)21(28)19(17)26/h4-10,16,32H,3H2,1-2H3,(H,30,33)(H,31,34). The Balaban J connectivity index is 1.82. The highest BCUT2D eigenvalue weighted by Gasteiger charge is 2.33. The van der Waals surface area contributed by atoms with E-state index in [4.69, 9.17) is 0 Å². The number of aromatic hydroxyl groups is 1. The lowest BCUT2D eigenvalue weighted by atomic mass is 10.1. The molecule has 37 heavy (non-hydrogen) atoms. The molecule has 1 unspecified atom stereocenters. The van der Waals surface area contributed by atoms with E-state index in [9.17, 15) is 45.1 Å². The predicted molar refractivity (Wildman–Crippen MR) is 123 cm³/mol. The van der Waals surface area contributed by atoms with Gasteiger partial charge in [0.25, 0.3) is 5.91 Å². The molecule has 0 spiro atoms. The summed E-state index contributed by atoms with van der Waals surface area (Å²) in [6, 6.07) is 8.95. The highest BCUT2D eigenvalue weighted by atomic mass is 32.2. The van der Waals surface area contributed by atoms with Crippen molar-refractivity contribution in [2.45, 2.75) is 30.4 Å². The molecule has 0 aliphatic rings. The molecule has 0 aromatic heterocycles. The Labute approximate surface area is 207 Å². The molecule has 0 fully saturated rings. The van der Waals surface area contributed by atoms with Crippen LogP contribution in [0.1, 0.15) is 29.3 Å². The minimum absolute atomic E-state index is 0.0523. The molecule has 1 atom stereocenters. The summed E-state index contributed by atoms with van der Waals surface area (Å²) in [6.07, 6.45) is -0.0792. The Morgan fingerprint density at radius 1 is 0.892 bits per heavy atom. The molecule has 3 N–H and O–H groups in total. The van der Waals surface area contributed by atoms with E-state index in [1.165, 1.54) is 25.1 Å². The van der Waals surface area contributed by atoms with Gasteiger partial charge in [-0.2, -0.15) is 0 Å². The van der Waals surface area contributed by atoms with E-state index in [1.807, 2.05) is 5.32 Å². The van der Waals surface area contributed by atoms with Gasteiger partial charge < -0.3 is 15.7 Å². The maximum absolute atomic E-state index is 13.9. The van der Waals surface area contributed by atoms with Crippen LogP contribution in [0, 0.1) is 36.0 Å². The number of aryl methyl sites for hydroxylation is 1. The first-order valence-electron chi connectivity index (χ1n) is 10.6. The summed E-state index contributed by atoms with van der Waals surface area (Å²) in [5, 5.41) is 12.8. The third-order valence-corrected chi connectivity index (χ3v) is 7.51. The topological polar surface area (TPSA) is 113 Å². The van der Waals surface area contributed by atoms with Crippen molar-refractivity contribution < 1.29 is 45.1 Å². The monoisotopic (exact) mass is 542 g/mol. The first kappa shape index (κ1) is 27.6. The second-order valence-electron chi connectivity index (χ2n) is 7.88. The number of nitrogens with one attached hydrogen (secondary N) is 2. The van der Waals surface area contributed by atoms with Crippen LogP contribution in [0.3, 0.4) is 0 Å². The van der Waals surface area contributed by atoms with Gasteiger partial charge in [0.15, 0.2) is 33.1 Å². The summed E-state index contributed by atoms with van der Waals surface area (Å²) < 4.78 is 93.6. The van der Waals surface area contributed by atoms with Gasteiger partial charge in [0.2, 0.25) is 11.7 Å². The third kappa shape index (κ3) is 5.40. The van der Waals surface area contributed by atoms with Gasteiger partial charge in [-0.05, 0) is 43.2 Å². The Morgan fingerprint density at radius 3 is 2.03 bits per heavy atom. The van der Waals surface area contributed by atoms with Crippen molar-refractivity contribution in [3.63, 3.8) is 0 Å². The number of phenols is 1. The number of phenolic OH excluding ortho intramolecular Hbond substituents is 1. The Hall–Kier alpha value is -4.00. The zero-order valence-corrected chi connectivity index (χ0v) is 20.0. The van der Waals surface area contributed by atoms with Gasteiger partial charge in [-0.3, -0.25) is 9.59 Å². The Kier molecular flexibility index (Phi) is 7.86. The van der Waals surface area contributed by atoms with Gasteiger partial charge in [-0.25, -0.2) is 30.4 Å². The van der Waals surface area contributed by atoms with Crippen LogP contribution in [0.15, 0.2) is 47.4 Å². The molecule has 0 aliphatic heterocycles. The largest absolute Gasteiger partial charge is 0.506 e. The number of rotatable bonds is 7. The molecule has 3 aromatic carbocycles. The van der Waals surface area contributed by atoms with Gasteiger partial charge in [0, 0.05) is 11.8 Å². The molecule has 3 aromatic rings. The molecule has 13 heteroatoms. The SMILES string of the molecule is CCC(C(=O)Nc1ccc(NC(=O)c2c(F)c(F)c(F)c(F)c2F)c(O)c1)S(=O)(=O)c1cccc(C)c1. The zero-order chi connectivity index (χ0) is 27.7. The minimum atomic E-state index is -4.07. The third-order valence-electron chi connectivity index (χ3n) is 5.31. The molecule has 0 saturated heterocycles. The van der Waals surface area contributed by atoms with Crippen molar-refractivity contribution in [1.29, 1.82) is 0 Å². The maximum atomic E-state index is 13.9. The van der Waals surface area contributed by atoms with Crippen LogP contribution < -0.4 is 10.6 Å². The minimum Gasteiger partial charge on any atom is -0.506 e. The number of amides is 2. The molecule has 3 rings (SSSR count). The predicted octanol–water partition coefficient (Wildman–Crippen LogP) is 4.84. The van der Waals surface area contributed by atoms with Gasteiger partial charge in [-0.15, -0.1) is 0 Å². The quantitative estimate of drug-likeness (QED) is 0.171. The number of sulfone groups is 1. The van der Waals surface area contributed by atoms with Crippen molar-refractivity contribution >= 4 is 33.0 Å². The summed E-state index contributed by atoms with van der Waals surface area (Å²) in [5.74, 6) is -15.2. The average Bonchev–Trinajstić information content (AvgIpc) is 2.83. The zero-order valence-electron chi connectivity index (χ0n) is 19.2. The smallest absolute Gasteiger partial charge is 0.261 e. The number of benzene rings is 3. The highest BCUT2D eigenvalue weighted by molar-refractivity contribution is 7.92. The second-order valence-corrected chi connectivity index (χ2v) is 10.0. The molecule has 196 valence electrons. The Bertz CT molecular complexity index is 1480. The Morgan fingerprint density at radius 2 is 1.49 bits per heavy atom. The molecular formula is C24H19F5N2O5S. The van der Waals surface area contributed by atoms with Crippen molar-refractivity contribution in [2.24, 2.45) is 0 Å². The van der Waals surface area contributed by atoms with Gasteiger partial charge in [-0.1, -0.05) is 19.1 Å². The lowest BCUT2D eigenvalue weighted by molar-refractivity contribution is -0.115. The molecule has 0 saturated carbocycles. The summed E-state index contributed by atoms with van der Waals surface area (Å²) in [6.45, 7) is 3.18. The first-order chi connectivity index (χ1) is 17.3. The lowest BCUT2D eigenvalue weighted by Gasteiger charge is -2.17. The van der Waals surface area contributed by atoms with Crippen LogP contribution in [-0.4, -0.2) is 30.6 Å². The maximum Gasteiger partial charge on any atom is 0.261 e.